The predicted octanol–water partition coefficient (Wildman–Crippen LogP) is 3.30. The number of primary amides is 1. The van der Waals surface area contributed by atoms with Gasteiger partial charge < -0.3 is 10.6 Å². The van der Waals surface area contributed by atoms with Crippen molar-refractivity contribution in [3.05, 3.63) is 87.7 Å². The minimum absolute atomic E-state index is 0.305. The third-order valence-corrected chi connectivity index (χ3v) is 5.14. The van der Waals surface area contributed by atoms with Crippen LogP contribution in [0.4, 0.5) is 0 Å². The minimum atomic E-state index is -0.873. The average Bonchev–Trinajstić information content (AvgIpc) is 3.02. The van der Waals surface area contributed by atoms with E-state index in [4.69, 9.17) is 5.73 Å². The standard InChI is InChI=1S/C21H21BrN4O2/c1-14-18(12-24-26(14)13-15-7-4-3-5-8-15)21(28)25(2)19(20(23)27)16-9-6-10-17(22)11-16/h3-12,19H,13H2,1-2H3,(H2,23,27). The molecule has 7 heteroatoms. The van der Waals surface area contributed by atoms with E-state index in [1.54, 1.807) is 29.9 Å². The Morgan fingerprint density at radius 3 is 2.54 bits per heavy atom. The maximum Gasteiger partial charge on any atom is 0.258 e. The lowest BCUT2D eigenvalue weighted by molar-refractivity contribution is -0.122. The fraction of sp³-hybridized carbons (Fsp3) is 0.190. The van der Waals surface area contributed by atoms with Crippen LogP contribution in [-0.4, -0.2) is 33.5 Å². The van der Waals surface area contributed by atoms with Gasteiger partial charge in [0.05, 0.1) is 18.3 Å². The molecule has 0 aliphatic heterocycles. The Bertz CT molecular complexity index is 1000. The lowest BCUT2D eigenvalue weighted by Gasteiger charge is -2.26. The number of nitrogens with zero attached hydrogens (tertiary/aromatic N) is 3. The highest BCUT2D eigenvalue weighted by atomic mass is 79.9. The molecule has 0 saturated heterocycles. The molecule has 0 aliphatic carbocycles. The smallest absolute Gasteiger partial charge is 0.258 e. The Balaban J connectivity index is 1.87. The zero-order valence-electron chi connectivity index (χ0n) is 15.7. The highest BCUT2D eigenvalue weighted by Gasteiger charge is 2.29. The minimum Gasteiger partial charge on any atom is -0.368 e. The van der Waals surface area contributed by atoms with Gasteiger partial charge in [-0.15, -0.1) is 0 Å². The fourth-order valence-corrected chi connectivity index (χ4v) is 3.55. The van der Waals surface area contributed by atoms with E-state index >= 15 is 0 Å². The van der Waals surface area contributed by atoms with Crippen LogP contribution in [-0.2, 0) is 11.3 Å². The first-order valence-corrected chi connectivity index (χ1v) is 9.56. The van der Waals surface area contributed by atoms with Crippen molar-refractivity contribution < 1.29 is 9.59 Å². The first kappa shape index (κ1) is 19.8. The lowest BCUT2D eigenvalue weighted by Crippen LogP contribution is -2.39. The number of nitrogens with two attached hydrogens (primary N) is 1. The molecule has 2 aromatic carbocycles. The van der Waals surface area contributed by atoms with Crippen LogP contribution in [0.1, 0.15) is 33.2 Å². The molecule has 144 valence electrons. The summed E-state index contributed by atoms with van der Waals surface area (Å²) in [5.74, 6) is -0.899. The SMILES string of the molecule is Cc1c(C(=O)N(C)C(C(N)=O)c2cccc(Br)c2)cnn1Cc1ccccc1. The summed E-state index contributed by atoms with van der Waals surface area (Å²) in [5, 5.41) is 4.35. The maximum absolute atomic E-state index is 13.1. The van der Waals surface area contributed by atoms with E-state index in [9.17, 15) is 9.59 Å². The number of hydrogen-bond acceptors (Lipinski definition) is 3. The van der Waals surface area contributed by atoms with Gasteiger partial charge in [-0.3, -0.25) is 14.3 Å². The summed E-state index contributed by atoms with van der Waals surface area (Å²) >= 11 is 3.39. The van der Waals surface area contributed by atoms with Crippen molar-refractivity contribution in [3.8, 4) is 0 Å². The van der Waals surface area contributed by atoms with Crippen LogP contribution in [0.25, 0.3) is 0 Å². The molecule has 1 unspecified atom stereocenters. The molecule has 3 aromatic rings. The number of benzene rings is 2. The summed E-state index contributed by atoms with van der Waals surface area (Å²) in [7, 11) is 1.58. The topological polar surface area (TPSA) is 81.2 Å². The van der Waals surface area contributed by atoms with Crippen LogP contribution in [0.3, 0.4) is 0 Å². The van der Waals surface area contributed by atoms with Crippen molar-refractivity contribution in [2.45, 2.75) is 19.5 Å². The summed E-state index contributed by atoms with van der Waals surface area (Å²) in [4.78, 5) is 26.6. The molecular weight excluding hydrogens is 420 g/mol. The van der Waals surface area contributed by atoms with Gasteiger partial charge in [0, 0.05) is 17.2 Å². The molecule has 1 heterocycles. The molecule has 2 N–H and O–H groups in total. The summed E-state index contributed by atoms with van der Waals surface area (Å²) in [6, 6.07) is 16.2. The van der Waals surface area contributed by atoms with Crippen LogP contribution >= 0.6 is 15.9 Å². The fourth-order valence-electron chi connectivity index (χ4n) is 3.13. The van der Waals surface area contributed by atoms with Gasteiger partial charge in [-0.05, 0) is 30.2 Å². The highest BCUT2D eigenvalue weighted by molar-refractivity contribution is 9.10. The zero-order chi connectivity index (χ0) is 20.3. The molecule has 2 amide bonds. The van der Waals surface area contributed by atoms with Crippen LogP contribution in [0, 0.1) is 6.92 Å². The monoisotopic (exact) mass is 440 g/mol. The second-order valence-corrected chi connectivity index (χ2v) is 7.48. The van der Waals surface area contributed by atoms with Crippen molar-refractivity contribution in [2.24, 2.45) is 5.73 Å². The van der Waals surface area contributed by atoms with E-state index in [1.807, 2.05) is 43.3 Å². The molecule has 6 nitrogen and oxygen atoms in total. The Labute approximate surface area is 172 Å². The number of amides is 2. The lowest BCUT2D eigenvalue weighted by atomic mass is 10.0. The number of carbonyl (C=O) groups excluding carboxylic acids is 2. The molecule has 0 radical (unpaired) electrons. The van der Waals surface area contributed by atoms with Crippen LogP contribution in [0.5, 0.6) is 0 Å². The van der Waals surface area contributed by atoms with Crippen LogP contribution < -0.4 is 5.73 Å². The summed E-state index contributed by atoms with van der Waals surface area (Å²) < 4.78 is 2.58. The van der Waals surface area contributed by atoms with E-state index in [0.717, 1.165) is 15.7 Å². The Hall–Kier alpha value is -2.93. The van der Waals surface area contributed by atoms with Crippen molar-refractivity contribution in [2.75, 3.05) is 7.05 Å². The quantitative estimate of drug-likeness (QED) is 0.638. The summed E-state index contributed by atoms with van der Waals surface area (Å²) in [6.45, 7) is 2.41. The molecular formula is C21H21BrN4O2. The molecule has 1 aromatic heterocycles. The van der Waals surface area contributed by atoms with Gasteiger partial charge in [-0.2, -0.15) is 5.10 Å². The van der Waals surface area contributed by atoms with Crippen molar-refractivity contribution in [3.63, 3.8) is 0 Å². The third-order valence-electron chi connectivity index (χ3n) is 4.65. The van der Waals surface area contributed by atoms with Gasteiger partial charge in [0.25, 0.3) is 5.91 Å². The first-order chi connectivity index (χ1) is 13.4. The predicted molar refractivity (Wildman–Crippen MR) is 111 cm³/mol. The molecule has 28 heavy (non-hydrogen) atoms. The first-order valence-electron chi connectivity index (χ1n) is 8.76. The number of hydrogen-bond donors (Lipinski definition) is 1. The van der Waals surface area contributed by atoms with Crippen molar-refractivity contribution in [1.82, 2.24) is 14.7 Å². The maximum atomic E-state index is 13.1. The van der Waals surface area contributed by atoms with Gasteiger partial charge >= 0.3 is 0 Å². The second-order valence-electron chi connectivity index (χ2n) is 6.56. The number of halogens is 1. The van der Waals surface area contributed by atoms with E-state index in [2.05, 4.69) is 21.0 Å². The van der Waals surface area contributed by atoms with Gasteiger partial charge in [-0.1, -0.05) is 58.4 Å². The highest BCUT2D eigenvalue weighted by Crippen LogP contribution is 2.25. The number of rotatable bonds is 6. The normalized spacial score (nSPS) is 11.8. The van der Waals surface area contributed by atoms with E-state index in [0.29, 0.717) is 17.7 Å². The van der Waals surface area contributed by atoms with Crippen LogP contribution in [0.2, 0.25) is 0 Å². The van der Waals surface area contributed by atoms with Crippen molar-refractivity contribution in [1.29, 1.82) is 0 Å². The number of likely N-dealkylation sites (N-methyl/N-ethyl adjacent to an activating group) is 1. The van der Waals surface area contributed by atoms with E-state index < -0.39 is 11.9 Å². The largest absolute Gasteiger partial charge is 0.368 e. The van der Waals surface area contributed by atoms with Gasteiger partial charge in [0.1, 0.15) is 6.04 Å². The summed E-state index contributed by atoms with van der Waals surface area (Å²) in [6.07, 6.45) is 1.54. The molecule has 0 aliphatic rings. The van der Waals surface area contributed by atoms with E-state index in [-0.39, 0.29) is 5.91 Å². The molecule has 0 bridgehead atoms. The van der Waals surface area contributed by atoms with E-state index in [1.165, 1.54) is 11.1 Å². The summed E-state index contributed by atoms with van der Waals surface area (Å²) in [5.41, 5.74) is 8.52. The third kappa shape index (κ3) is 4.14. The Kier molecular flexibility index (Phi) is 5.94. The van der Waals surface area contributed by atoms with Crippen LogP contribution in [0.15, 0.2) is 65.3 Å². The van der Waals surface area contributed by atoms with Gasteiger partial charge in [-0.25, -0.2) is 0 Å². The molecule has 1 atom stereocenters. The second kappa shape index (κ2) is 8.39. The molecule has 3 rings (SSSR count). The van der Waals surface area contributed by atoms with Gasteiger partial charge in [0.15, 0.2) is 0 Å². The average molecular weight is 441 g/mol. The molecule has 0 fully saturated rings. The molecule has 0 spiro atoms. The number of aromatic nitrogens is 2. The van der Waals surface area contributed by atoms with Crippen molar-refractivity contribution >= 4 is 27.7 Å². The molecule has 0 saturated carbocycles. The Morgan fingerprint density at radius 2 is 1.89 bits per heavy atom. The zero-order valence-corrected chi connectivity index (χ0v) is 17.3. The Morgan fingerprint density at radius 1 is 1.18 bits per heavy atom. The number of carbonyl (C=O) groups is 2. The van der Waals surface area contributed by atoms with Gasteiger partial charge in [0.2, 0.25) is 5.91 Å².